The smallest absolute Gasteiger partial charge is 0.223 e. The molecule has 24 heavy (non-hydrogen) atoms. The summed E-state index contributed by atoms with van der Waals surface area (Å²) in [7, 11) is 0. The Hall–Kier alpha value is -2.43. The minimum Gasteiger partial charge on any atom is -0.349 e. The number of carbonyl (C=O) groups excluding carboxylic acids is 1. The zero-order chi connectivity index (χ0) is 17.1. The van der Waals surface area contributed by atoms with E-state index in [4.69, 9.17) is 0 Å². The molecule has 1 aliphatic rings. The molecule has 126 valence electrons. The monoisotopic (exact) mass is 327 g/mol. The summed E-state index contributed by atoms with van der Waals surface area (Å²) in [4.78, 5) is 12.4. The molecular formula is C19H22FN3O. The van der Waals surface area contributed by atoms with E-state index in [1.807, 2.05) is 13.8 Å². The Morgan fingerprint density at radius 1 is 1.33 bits per heavy atom. The molecule has 0 saturated heterocycles. The molecule has 1 N–H and O–H groups in total. The number of benzene rings is 1. The molecule has 5 heteroatoms. The van der Waals surface area contributed by atoms with Gasteiger partial charge in [-0.1, -0.05) is 12.2 Å². The van der Waals surface area contributed by atoms with Crippen LogP contribution in [-0.2, 0) is 4.79 Å². The van der Waals surface area contributed by atoms with Crippen molar-refractivity contribution in [1.82, 2.24) is 15.1 Å². The number of allylic oxidation sites excluding steroid dienone is 2. The van der Waals surface area contributed by atoms with Crippen LogP contribution in [0.3, 0.4) is 0 Å². The molecule has 0 saturated carbocycles. The second-order valence-electron chi connectivity index (χ2n) is 6.29. The van der Waals surface area contributed by atoms with E-state index in [1.54, 1.807) is 23.0 Å². The Balaban J connectivity index is 1.73. The fourth-order valence-electron chi connectivity index (χ4n) is 3.13. The van der Waals surface area contributed by atoms with Crippen LogP contribution < -0.4 is 5.32 Å². The van der Waals surface area contributed by atoms with E-state index < -0.39 is 0 Å². The molecule has 0 aliphatic heterocycles. The zero-order valence-electron chi connectivity index (χ0n) is 14.0. The number of amides is 1. The molecule has 0 spiro atoms. The molecule has 2 unspecified atom stereocenters. The highest BCUT2D eigenvalue weighted by Crippen LogP contribution is 2.23. The summed E-state index contributed by atoms with van der Waals surface area (Å²) in [6.45, 7) is 3.92. The largest absolute Gasteiger partial charge is 0.349 e. The average molecular weight is 327 g/mol. The van der Waals surface area contributed by atoms with Gasteiger partial charge >= 0.3 is 0 Å². The first-order chi connectivity index (χ1) is 11.6. The predicted octanol–water partition coefficient (Wildman–Crippen LogP) is 3.85. The first-order valence-corrected chi connectivity index (χ1v) is 8.32. The second-order valence-corrected chi connectivity index (χ2v) is 6.29. The molecule has 1 heterocycles. The normalized spacial score (nSPS) is 18.4. The number of halogens is 1. The highest BCUT2D eigenvalue weighted by molar-refractivity contribution is 5.79. The summed E-state index contributed by atoms with van der Waals surface area (Å²) in [5, 5.41) is 7.48. The van der Waals surface area contributed by atoms with E-state index in [-0.39, 0.29) is 23.7 Å². The first kappa shape index (κ1) is 16.4. The second kappa shape index (κ2) is 6.99. The van der Waals surface area contributed by atoms with Crippen LogP contribution in [0.25, 0.3) is 5.69 Å². The molecular weight excluding hydrogens is 305 g/mol. The van der Waals surface area contributed by atoms with E-state index in [0.29, 0.717) is 0 Å². The molecule has 2 aromatic rings. The van der Waals surface area contributed by atoms with Crippen molar-refractivity contribution < 1.29 is 9.18 Å². The fraction of sp³-hybridized carbons (Fsp3) is 0.368. The maximum Gasteiger partial charge on any atom is 0.223 e. The van der Waals surface area contributed by atoms with Gasteiger partial charge in [0.25, 0.3) is 0 Å². The van der Waals surface area contributed by atoms with Crippen molar-refractivity contribution in [3.8, 4) is 5.69 Å². The van der Waals surface area contributed by atoms with Gasteiger partial charge in [0.05, 0.1) is 17.9 Å². The molecule has 4 nitrogen and oxygen atoms in total. The molecule has 0 fully saturated rings. The van der Waals surface area contributed by atoms with Gasteiger partial charge in [0.1, 0.15) is 5.82 Å². The lowest BCUT2D eigenvalue weighted by Gasteiger charge is -2.21. The number of nitrogens with zero attached hydrogens (tertiary/aromatic N) is 2. The van der Waals surface area contributed by atoms with Crippen molar-refractivity contribution in [2.75, 3.05) is 0 Å². The van der Waals surface area contributed by atoms with Crippen molar-refractivity contribution >= 4 is 5.91 Å². The third-order valence-corrected chi connectivity index (χ3v) is 4.58. The molecule has 0 bridgehead atoms. The van der Waals surface area contributed by atoms with Crippen LogP contribution in [0.1, 0.15) is 43.5 Å². The van der Waals surface area contributed by atoms with Crippen molar-refractivity contribution in [3.05, 3.63) is 59.7 Å². The average Bonchev–Trinajstić information content (AvgIpc) is 2.98. The molecule has 1 aliphatic carbocycles. The van der Waals surface area contributed by atoms with Gasteiger partial charge in [0, 0.05) is 17.2 Å². The Bertz CT molecular complexity index is 748. The van der Waals surface area contributed by atoms with Gasteiger partial charge in [0.2, 0.25) is 5.91 Å². The topological polar surface area (TPSA) is 46.9 Å². The van der Waals surface area contributed by atoms with Crippen LogP contribution in [-0.4, -0.2) is 15.7 Å². The van der Waals surface area contributed by atoms with Gasteiger partial charge in [-0.15, -0.1) is 0 Å². The Kier molecular flexibility index (Phi) is 4.79. The summed E-state index contributed by atoms with van der Waals surface area (Å²) < 4.78 is 14.8. The molecule has 2 atom stereocenters. The van der Waals surface area contributed by atoms with Crippen LogP contribution in [0, 0.1) is 18.7 Å². The van der Waals surface area contributed by atoms with E-state index in [0.717, 1.165) is 36.2 Å². The van der Waals surface area contributed by atoms with E-state index in [2.05, 4.69) is 22.6 Å². The molecule has 3 rings (SSSR count). The number of rotatable bonds is 4. The lowest BCUT2D eigenvalue weighted by Crippen LogP contribution is -2.33. The van der Waals surface area contributed by atoms with Gasteiger partial charge in [-0.3, -0.25) is 4.79 Å². The van der Waals surface area contributed by atoms with Crippen molar-refractivity contribution in [3.63, 3.8) is 0 Å². The van der Waals surface area contributed by atoms with Crippen molar-refractivity contribution in [1.29, 1.82) is 0 Å². The Morgan fingerprint density at radius 3 is 2.75 bits per heavy atom. The van der Waals surface area contributed by atoms with Gasteiger partial charge in [0.15, 0.2) is 0 Å². The lowest BCUT2D eigenvalue weighted by molar-refractivity contribution is -0.125. The summed E-state index contributed by atoms with van der Waals surface area (Å²) in [6, 6.07) is 6.10. The number of carbonyl (C=O) groups is 1. The maximum absolute atomic E-state index is 13.1. The van der Waals surface area contributed by atoms with Gasteiger partial charge in [-0.05, 0) is 57.4 Å². The van der Waals surface area contributed by atoms with Crippen molar-refractivity contribution in [2.24, 2.45) is 5.92 Å². The molecule has 0 radical (unpaired) electrons. The number of aromatic nitrogens is 2. The standard InChI is InChI=1S/C19H22FN3O/c1-13(22-19(24)15-6-4-3-5-7-15)18-12-21-23(14(18)2)17-10-8-16(20)9-11-17/h3-4,8-13,15H,5-7H2,1-2H3,(H,22,24). The molecule has 1 aromatic heterocycles. The first-order valence-electron chi connectivity index (χ1n) is 8.32. The minimum atomic E-state index is -0.272. The summed E-state index contributed by atoms with van der Waals surface area (Å²) in [5.74, 6) is -0.114. The highest BCUT2D eigenvalue weighted by Gasteiger charge is 2.22. The summed E-state index contributed by atoms with van der Waals surface area (Å²) in [6.07, 6.45) is 8.66. The molecule has 1 aromatic carbocycles. The number of hydrogen-bond acceptors (Lipinski definition) is 2. The fourth-order valence-corrected chi connectivity index (χ4v) is 3.13. The van der Waals surface area contributed by atoms with Crippen molar-refractivity contribution in [2.45, 2.75) is 39.2 Å². The van der Waals surface area contributed by atoms with Crippen LogP contribution in [0.5, 0.6) is 0 Å². The Labute approximate surface area is 141 Å². The Morgan fingerprint density at radius 2 is 2.08 bits per heavy atom. The van der Waals surface area contributed by atoms with E-state index in [9.17, 15) is 9.18 Å². The highest BCUT2D eigenvalue weighted by atomic mass is 19.1. The SMILES string of the molecule is Cc1c(C(C)NC(=O)C2CC=CCC2)cnn1-c1ccc(F)cc1. The van der Waals surface area contributed by atoms with E-state index in [1.165, 1.54) is 12.1 Å². The van der Waals surface area contributed by atoms with Crippen LogP contribution in [0.4, 0.5) is 4.39 Å². The summed E-state index contributed by atoms with van der Waals surface area (Å²) in [5.41, 5.74) is 2.72. The van der Waals surface area contributed by atoms with Gasteiger partial charge in [-0.2, -0.15) is 5.10 Å². The zero-order valence-corrected chi connectivity index (χ0v) is 14.0. The maximum atomic E-state index is 13.1. The van der Waals surface area contributed by atoms with Gasteiger partial charge < -0.3 is 5.32 Å². The summed E-state index contributed by atoms with van der Waals surface area (Å²) >= 11 is 0. The third kappa shape index (κ3) is 3.40. The lowest BCUT2D eigenvalue weighted by atomic mass is 9.93. The molecule has 1 amide bonds. The van der Waals surface area contributed by atoms with Crippen LogP contribution in [0.15, 0.2) is 42.6 Å². The van der Waals surface area contributed by atoms with Gasteiger partial charge in [-0.25, -0.2) is 9.07 Å². The quantitative estimate of drug-likeness (QED) is 0.867. The minimum absolute atomic E-state index is 0.0601. The predicted molar refractivity (Wildman–Crippen MR) is 91.3 cm³/mol. The number of hydrogen-bond donors (Lipinski definition) is 1. The van der Waals surface area contributed by atoms with E-state index >= 15 is 0 Å². The third-order valence-electron chi connectivity index (χ3n) is 4.58. The number of nitrogens with one attached hydrogen (secondary N) is 1. The van der Waals surface area contributed by atoms with Crippen LogP contribution >= 0.6 is 0 Å². The van der Waals surface area contributed by atoms with Crippen LogP contribution in [0.2, 0.25) is 0 Å².